The van der Waals surface area contributed by atoms with Gasteiger partial charge in [0, 0.05) is 17.5 Å². The maximum Gasteiger partial charge on any atom is 0.278 e. The number of hydrogen-bond acceptors (Lipinski definition) is 7. The number of carbonyl (C=O) groups excluding carboxylic acids is 1. The van der Waals surface area contributed by atoms with Crippen LogP contribution >= 0.6 is 0 Å². The van der Waals surface area contributed by atoms with Gasteiger partial charge in [-0.15, -0.1) is 0 Å². The Morgan fingerprint density at radius 3 is 2.80 bits per heavy atom. The highest BCUT2D eigenvalue weighted by Crippen LogP contribution is 2.53. The van der Waals surface area contributed by atoms with Gasteiger partial charge >= 0.3 is 0 Å². The number of methoxy groups -OCH3 is 1. The summed E-state index contributed by atoms with van der Waals surface area (Å²) in [5.41, 5.74) is 1.75. The average molecular weight is 409 g/mol. The molecule has 3 aromatic rings. The Morgan fingerprint density at radius 2 is 2.13 bits per heavy atom. The summed E-state index contributed by atoms with van der Waals surface area (Å²) in [6.45, 7) is 2.86. The molecule has 6 rings (SSSR count). The number of fused-ring (bicyclic) bond motifs is 3. The molecule has 2 bridgehead atoms. The number of carbonyl (C=O) groups is 1. The molecule has 2 saturated carbocycles. The van der Waals surface area contributed by atoms with E-state index in [4.69, 9.17) is 18.9 Å². The van der Waals surface area contributed by atoms with Gasteiger partial charge in [0.15, 0.2) is 17.4 Å². The number of oxazole rings is 1. The van der Waals surface area contributed by atoms with Crippen molar-refractivity contribution in [1.29, 1.82) is 0 Å². The lowest BCUT2D eigenvalue weighted by Crippen LogP contribution is -2.26. The number of nitrogens with zero attached hydrogens (tertiary/aromatic N) is 4. The van der Waals surface area contributed by atoms with Crippen molar-refractivity contribution in [2.75, 3.05) is 19.0 Å². The molecule has 0 aromatic carbocycles. The Hall–Kier alpha value is -2.94. The number of amides is 1. The van der Waals surface area contributed by atoms with Crippen LogP contribution in [0.1, 0.15) is 67.0 Å². The fraction of sp³-hybridized carbons (Fsp3) is 0.524. The van der Waals surface area contributed by atoms with E-state index in [-0.39, 0.29) is 22.6 Å². The highest BCUT2D eigenvalue weighted by atomic mass is 16.5. The highest BCUT2D eigenvalue weighted by Gasteiger charge is 2.55. The van der Waals surface area contributed by atoms with Gasteiger partial charge in [-0.1, -0.05) is 0 Å². The molecule has 0 spiro atoms. The number of hydrogen-bond donors (Lipinski definition) is 1. The molecule has 3 aromatic heterocycles. The molecule has 9 nitrogen and oxygen atoms in total. The smallest absolute Gasteiger partial charge is 0.278 e. The van der Waals surface area contributed by atoms with E-state index in [1.54, 1.807) is 13.3 Å². The van der Waals surface area contributed by atoms with Crippen molar-refractivity contribution in [2.24, 2.45) is 0 Å². The average Bonchev–Trinajstić information content (AvgIpc) is 3.11. The van der Waals surface area contributed by atoms with Crippen molar-refractivity contribution < 1.29 is 18.7 Å². The minimum atomic E-state index is -0.366. The second kappa shape index (κ2) is 6.04. The Labute approximate surface area is 172 Å². The Kier molecular flexibility index (Phi) is 3.60. The van der Waals surface area contributed by atoms with Gasteiger partial charge < -0.3 is 19.2 Å². The van der Waals surface area contributed by atoms with Gasteiger partial charge in [-0.3, -0.25) is 9.20 Å². The summed E-state index contributed by atoms with van der Waals surface area (Å²) in [6, 6.07) is 0. The second-order valence-corrected chi connectivity index (χ2v) is 8.99. The van der Waals surface area contributed by atoms with E-state index in [0.717, 1.165) is 37.8 Å². The SMILES string of the molecule is COc1nc(NC(=O)c2coc(C3CC3)n2)cn2cc(C34CCC(C)(C3)OC4)nc12. The van der Waals surface area contributed by atoms with Crippen molar-refractivity contribution in [3.8, 4) is 5.88 Å². The third-order valence-electron chi connectivity index (χ3n) is 6.61. The number of nitrogens with one attached hydrogen (secondary N) is 1. The minimum Gasteiger partial charge on any atom is -0.478 e. The summed E-state index contributed by atoms with van der Waals surface area (Å²) in [5, 5.41) is 2.79. The summed E-state index contributed by atoms with van der Waals surface area (Å²) in [4.78, 5) is 26.1. The van der Waals surface area contributed by atoms with E-state index < -0.39 is 0 Å². The van der Waals surface area contributed by atoms with Gasteiger partial charge in [0.05, 0.1) is 31.2 Å². The Balaban J connectivity index is 1.31. The summed E-state index contributed by atoms with van der Waals surface area (Å²) >= 11 is 0. The summed E-state index contributed by atoms with van der Waals surface area (Å²) < 4.78 is 18.8. The molecule has 30 heavy (non-hydrogen) atoms. The van der Waals surface area contributed by atoms with Crippen molar-refractivity contribution in [1.82, 2.24) is 19.4 Å². The maximum atomic E-state index is 12.6. The normalized spacial score (nSPS) is 27.7. The molecule has 2 unspecified atom stereocenters. The first kappa shape index (κ1) is 17.9. The zero-order valence-corrected chi connectivity index (χ0v) is 17.0. The van der Waals surface area contributed by atoms with Gasteiger partial charge in [0.2, 0.25) is 5.65 Å². The second-order valence-electron chi connectivity index (χ2n) is 8.99. The fourth-order valence-electron chi connectivity index (χ4n) is 4.76. The van der Waals surface area contributed by atoms with E-state index in [2.05, 4.69) is 22.2 Å². The molecule has 3 aliphatic rings. The van der Waals surface area contributed by atoms with Crippen LogP contribution in [0.25, 0.3) is 5.65 Å². The van der Waals surface area contributed by atoms with Gasteiger partial charge in [-0.25, -0.2) is 9.97 Å². The Morgan fingerprint density at radius 1 is 1.27 bits per heavy atom. The molecule has 1 aliphatic heterocycles. The van der Waals surface area contributed by atoms with Crippen LogP contribution in [-0.4, -0.2) is 44.6 Å². The number of anilines is 1. The minimum absolute atomic E-state index is 0.0474. The van der Waals surface area contributed by atoms with E-state index in [0.29, 0.717) is 35.8 Å². The van der Waals surface area contributed by atoms with E-state index in [1.807, 2.05) is 10.6 Å². The largest absolute Gasteiger partial charge is 0.478 e. The van der Waals surface area contributed by atoms with Crippen LogP contribution in [0.15, 0.2) is 23.1 Å². The Bertz CT molecular complexity index is 1150. The lowest BCUT2D eigenvalue weighted by molar-refractivity contribution is -0.00627. The van der Waals surface area contributed by atoms with E-state index in [9.17, 15) is 4.79 Å². The van der Waals surface area contributed by atoms with Crippen LogP contribution in [0.4, 0.5) is 5.82 Å². The van der Waals surface area contributed by atoms with Crippen molar-refractivity contribution in [3.05, 3.63) is 35.9 Å². The van der Waals surface area contributed by atoms with Crippen LogP contribution in [-0.2, 0) is 10.2 Å². The molecule has 2 aliphatic carbocycles. The van der Waals surface area contributed by atoms with E-state index in [1.165, 1.54) is 6.26 Å². The van der Waals surface area contributed by atoms with E-state index >= 15 is 0 Å². The first-order valence-electron chi connectivity index (χ1n) is 10.3. The van der Waals surface area contributed by atoms with Gasteiger partial charge in [-0.2, -0.15) is 4.98 Å². The van der Waals surface area contributed by atoms with Gasteiger partial charge in [0.25, 0.3) is 11.8 Å². The van der Waals surface area contributed by atoms with Crippen molar-refractivity contribution in [3.63, 3.8) is 0 Å². The van der Waals surface area contributed by atoms with Gasteiger partial charge in [-0.05, 0) is 39.0 Å². The molecule has 0 radical (unpaired) electrons. The lowest BCUT2D eigenvalue weighted by Gasteiger charge is -2.24. The number of imidazole rings is 1. The predicted molar refractivity (Wildman–Crippen MR) is 106 cm³/mol. The number of ether oxygens (including phenoxy) is 2. The van der Waals surface area contributed by atoms with Crippen LogP contribution < -0.4 is 10.1 Å². The standard InChI is InChI=1S/C21H23N5O4/c1-20-5-6-21(10-20,11-30-20)14-7-26-8-15(25-19(28-2)16(26)23-14)24-17(27)13-9-29-18(22-13)12-3-4-12/h7-9,12H,3-6,10-11H2,1-2H3,(H,24,27). The number of rotatable bonds is 5. The zero-order valence-electron chi connectivity index (χ0n) is 17.0. The predicted octanol–water partition coefficient (Wildman–Crippen LogP) is 3.07. The summed E-state index contributed by atoms with van der Waals surface area (Å²) in [6.07, 6.45) is 10.3. The van der Waals surface area contributed by atoms with Crippen LogP contribution in [0.3, 0.4) is 0 Å². The molecular formula is C21H23N5O4. The lowest BCUT2D eigenvalue weighted by atomic mass is 9.84. The summed E-state index contributed by atoms with van der Waals surface area (Å²) in [7, 11) is 1.55. The number of aromatic nitrogens is 4. The molecule has 156 valence electrons. The van der Waals surface area contributed by atoms with Crippen molar-refractivity contribution in [2.45, 2.75) is 56.0 Å². The molecule has 9 heteroatoms. The molecule has 3 fully saturated rings. The van der Waals surface area contributed by atoms with Crippen LogP contribution in [0.5, 0.6) is 5.88 Å². The van der Waals surface area contributed by atoms with Crippen LogP contribution in [0, 0.1) is 0 Å². The quantitative estimate of drug-likeness (QED) is 0.691. The first-order chi connectivity index (χ1) is 14.5. The third kappa shape index (κ3) is 2.72. The molecule has 1 saturated heterocycles. The van der Waals surface area contributed by atoms with Crippen LogP contribution in [0.2, 0.25) is 0 Å². The molecule has 1 N–H and O–H groups in total. The molecule has 1 amide bonds. The van der Waals surface area contributed by atoms with Crippen molar-refractivity contribution >= 4 is 17.4 Å². The molecular weight excluding hydrogens is 386 g/mol. The molecule has 4 heterocycles. The maximum absolute atomic E-state index is 12.6. The molecule has 2 atom stereocenters. The van der Waals surface area contributed by atoms with Gasteiger partial charge in [0.1, 0.15) is 6.26 Å². The zero-order chi connectivity index (χ0) is 20.5. The third-order valence-corrected chi connectivity index (χ3v) is 6.61. The first-order valence-corrected chi connectivity index (χ1v) is 10.3. The highest BCUT2D eigenvalue weighted by molar-refractivity contribution is 6.02. The topological polar surface area (TPSA) is 104 Å². The monoisotopic (exact) mass is 409 g/mol. The summed E-state index contributed by atoms with van der Waals surface area (Å²) in [5.74, 6) is 1.33. The fourth-order valence-corrected chi connectivity index (χ4v) is 4.76.